The number of alkyl halides is 3. The molecule has 0 aromatic carbocycles. The predicted molar refractivity (Wildman–Crippen MR) is 155 cm³/mol. The number of Topliss-reactive ketones (excluding diaryl/α,β-unsaturated/α-hetero) is 1. The van der Waals surface area contributed by atoms with Crippen LogP contribution in [0.15, 0.2) is 29.1 Å². The monoisotopic (exact) mass is 688 g/mol. The first-order valence-electron chi connectivity index (χ1n) is 13.8. The zero-order chi connectivity index (χ0) is 32.6. The number of aromatic nitrogens is 6. The third-order valence-electron chi connectivity index (χ3n) is 8.28. The zero-order valence-electron chi connectivity index (χ0n) is 24.3. The van der Waals surface area contributed by atoms with Gasteiger partial charge in [0, 0.05) is 36.3 Å². The fourth-order valence-electron chi connectivity index (χ4n) is 5.90. The van der Waals surface area contributed by atoms with E-state index in [0.29, 0.717) is 24.2 Å². The molecule has 16 heteroatoms. The Labute approximate surface area is 261 Å². The molecule has 0 bridgehead atoms. The number of hydrogen-bond donors (Lipinski definition) is 1. The molecular formula is C29H25BrF4N8O3. The van der Waals surface area contributed by atoms with Gasteiger partial charge in [-0.3, -0.25) is 19.1 Å². The summed E-state index contributed by atoms with van der Waals surface area (Å²) in [6.07, 6.45) is -1.41. The number of rotatable bonds is 6. The van der Waals surface area contributed by atoms with Gasteiger partial charge in [-0.1, -0.05) is 6.92 Å². The highest BCUT2D eigenvalue weighted by atomic mass is 79.9. The summed E-state index contributed by atoms with van der Waals surface area (Å²) in [5.74, 6) is -1.94. The van der Waals surface area contributed by atoms with E-state index in [1.807, 2.05) is 6.92 Å². The van der Waals surface area contributed by atoms with Gasteiger partial charge in [0.05, 0.1) is 5.69 Å². The number of carbonyl (C=O) groups excluding carboxylic acids is 3. The molecule has 11 nitrogen and oxygen atoms in total. The van der Waals surface area contributed by atoms with Crippen LogP contribution in [0.3, 0.4) is 0 Å². The van der Waals surface area contributed by atoms with E-state index in [9.17, 15) is 31.9 Å². The van der Waals surface area contributed by atoms with E-state index < -0.39 is 53.4 Å². The predicted octanol–water partition coefficient (Wildman–Crippen LogP) is 5.04. The number of ketones is 1. The number of nitrogens with zero attached hydrogens (tertiary/aromatic N) is 7. The number of halogens is 5. The topological polar surface area (TPSA) is 136 Å². The van der Waals surface area contributed by atoms with Gasteiger partial charge in [-0.05, 0) is 65.7 Å². The van der Waals surface area contributed by atoms with E-state index in [1.165, 1.54) is 29.4 Å². The van der Waals surface area contributed by atoms with Crippen LogP contribution in [0.2, 0.25) is 0 Å². The lowest BCUT2D eigenvalue weighted by molar-refractivity contribution is -0.140. The maximum atomic E-state index is 14.5. The molecular weight excluding hydrogens is 664 g/mol. The Hall–Kier alpha value is -4.34. The van der Waals surface area contributed by atoms with Crippen molar-refractivity contribution in [2.75, 3.05) is 5.32 Å². The summed E-state index contributed by atoms with van der Waals surface area (Å²) >= 11 is 3.00. The van der Waals surface area contributed by atoms with E-state index in [4.69, 9.17) is 0 Å². The number of pyridine rings is 2. The van der Waals surface area contributed by atoms with Crippen LogP contribution in [0.25, 0.3) is 22.2 Å². The first-order chi connectivity index (χ1) is 21.1. The Morgan fingerprint density at radius 2 is 1.80 bits per heavy atom. The van der Waals surface area contributed by atoms with Crippen LogP contribution in [0, 0.1) is 25.1 Å². The van der Waals surface area contributed by atoms with Gasteiger partial charge in [0.2, 0.25) is 11.8 Å². The summed E-state index contributed by atoms with van der Waals surface area (Å²) in [6.45, 7) is 5.58. The molecule has 45 heavy (non-hydrogen) atoms. The van der Waals surface area contributed by atoms with Crippen LogP contribution in [0.1, 0.15) is 54.3 Å². The van der Waals surface area contributed by atoms with Gasteiger partial charge < -0.3 is 10.2 Å². The van der Waals surface area contributed by atoms with E-state index in [0.717, 1.165) is 11.6 Å². The minimum atomic E-state index is -4.98. The van der Waals surface area contributed by atoms with Crippen LogP contribution in [0.4, 0.5) is 23.4 Å². The number of fused-ring (bicyclic) bond motifs is 2. The van der Waals surface area contributed by atoms with Gasteiger partial charge in [0.1, 0.15) is 40.0 Å². The van der Waals surface area contributed by atoms with Crippen molar-refractivity contribution in [1.29, 1.82) is 0 Å². The van der Waals surface area contributed by atoms with Crippen molar-refractivity contribution in [2.45, 2.75) is 65.3 Å². The number of amides is 2. The first kappa shape index (κ1) is 30.7. The molecule has 1 saturated heterocycles. The van der Waals surface area contributed by atoms with Crippen LogP contribution >= 0.6 is 15.9 Å². The summed E-state index contributed by atoms with van der Waals surface area (Å²) in [4.78, 5) is 57.1. The summed E-state index contributed by atoms with van der Waals surface area (Å²) in [5, 5.41) is 6.66. The second kappa shape index (κ2) is 10.6. The minimum absolute atomic E-state index is 0.100. The highest BCUT2D eigenvalue weighted by Gasteiger charge is 2.64. The Morgan fingerprint density at radius 3 is 2.44 bits per heavy atom. The van der Waals surface area contributed by atoms with Gasteiger partial charge >= 0.3 is 6.18 Å². The molecule has 1 aliphatic heterocycles. The second-order valence-corrected chi connectivity index (χ2v) is 12.4. The van der Waals surface area contributed by atoms with Crippen LogP contribution in [0.5, 0.6) is 0 Å². The van der Waals surface area contributed by atoms with Gasteiger partial charge in [0.25, 0.3) is 0 Å². The van der Waals surface area contributed by atoms with Crippen molar-refractivity contribution in [2.24, 2.45) is 5.41 Å². The Balaban J connectivity index is 1.38. The van der Waals surface area contributed by atoms with E-state index >= 15 is 0 Å². The molecule has 4 aromatic rings. The molecule has 2 fully saturated rings. The Morgan fingerprint density at radius 1 is 1.11 bits per heavy atom. The number of carbonyl (C=O) groups is 3. The van der Waals surface area contributed by atoms with Crippen molar-refractivity contribution in [3.63, 3.8) is 0 Å². The standard InChI is InChI=1S/C29H25BrF4N8O3/c1-12-5-17(31)25(30)38-26(12)39-27(45)19-7-28(4)8-20(28)42(19)21(44)11-41-23-16(22(40-41)13(2)43)6-18(37-24(23)29(32,33)34)15-9-35-14(3)36-10-15/h5-6,9-10,19-20H,7-8,11H2,1-4H3,(H,38,39,45)/t19-,20+,28-/m0/s1. The maximum Gasteiger partial charge on any atom is 0.435 e. The first-order valence-corrected chi connectivity index (χ1v) is 14.6. The third-order valence-corrected chi connectivity index (χ3v) is 8.84. The lowest BCUT2D eigenvalue weighted by atomic mass is 10.0. The number of anilines is 1. The summed E-state index contributed by atoms with van der Waals surface area (Å²) in [5.41, 5.74) is -2.06. The molecule has 2 aliphatic rings. The lowest BCUT2D eigenvalue weighted by Gasteiger charge is -2.27. The van der Waals surface area contributed by atoms with Gasteiger partial charge in [-0.2, -0.15) is 18.3 Å². The van der Waals surface area contributed by atoms with Gasteiger partial charge in [0.15, 0.2) is 17.3 Å². The summed E-state index contributed by atoms with van der Waals surface area (Å²) < 4.78 is 58.1. The highest BCUT2D eigenvalue weighted by Crippen LogP contribution is 2.59. The zero-order valence-corrected chi connectivity index (χ0v) is 25.9. The molecule has 5 heterocycles. The Bertz CT molecular complexity index is 1910. The molecule has 1 saturated carbocycles. The van der Waals surface area contributed by atoms with Crippen LogP contribution < -0.4 is 5.32 Å². The number of hydrogen-bond acceptors (Lipinski definition) is 8. The number of aryl methyl sites for hydroxylation is 2. The van der Waals surface area contributed by atoms with Crippen molar-refractivity contribution in [3.05, 3.63) is 57.7 Å². The minimum Gasteiger partial charge on any atom is -0.325 e. The molecule has 4 aromatic heterocycles. The number of nitrogens with one attached hydrogen (secondary N) is 1. The van der Waals surface area contributed by atoms with Crippen LogP contribution in [-0.4, -0.2) is 64.3 Å². The fourth-order valence-corrected chi connectivity index (χ4v) is 6.20. The third kappa shape index (κ3) is 5.44. The SMILES string of the molecule is CC(=O)c1nn(CC(=O)N2[C@H](C(=O)Nc3nc(Br)c(F)cc3C)C[C@@]3(C)C[C@@H]23)c2c(C(F)(F)F)nc(-c3cnc(C)nc3)cc12. The molecule has 0 radical (unpaired) electrons. The second-order valence-electron chi connectivity index (χ2n) is 11.6. The maximum absolute atomic E-state index is 14.5. The van der Waals surface area contributed by atoms with Crippen molar-refractivity contribution >= 4 is 50.2 Å². The molecule has 0 spiro atoms. The lowest BCUT2D eigenvalue weighted by Crippen LogP contribution is -2.47. The number of piperidine rings is 1. The molecule has 0 unspecified atom stereocenters. The smallest absolute Gasteiger partial charge is 0.325 e. The average molecular weight is 689 g/mol. The molecule has 6 rings (SSSR count). The molecule has 3 atom stereocenters. The highest BCUT2D eigenvalue weighted by molar-refractivity contribution is 9.10. The Kier molecular flexibility index (Phi) is 7.25. The van der Waals surface area contributed by atoms with Crippen molar-refractivity contribution in [3.8, 4) is 11.3 Å². The molecule has 2 amide bonds. The largest absolute Gasteiger partial charge is 0.435 e. The molecule has 1 aliphatic carbocycles. The molecule has 1 N–H and O–H groups in total. The van der Waals surface area contributed by atoms with E-state index in [1.54, 1.807) is 13.8 Å². The van der Waals surface area contributed by atoms with Crippen LogP contribution in [-0.2, 0) is 22.3 Å². The normalized spacial score (nSPS) is 20.8. The quantitative estimate of drug-likeness (QED) is 0.169. The summed E-state index contributed by atoms with van der Waals surface area (Å²) in [6, 6.07) is 1.21. The average Bonchev–Trinajstić information content (AvgIpc) is 3.32. The fraction of sp³-hybridized carbons (Fsp3) is 0.379. The van der Waals surface area contributed by atoms with Gasteiger partial charge in [-0.15, -0.1) is 0 Å². The molecule has 234 valence electrons. The van der Waals surface area contributed by atoms with E-state index in [2.05, 4.69) is 46.3 Å². The number of likely N-dealkylation sites (tertiary alicyclic amines) is 1. The summed E-state index contributed by atoms with van der Waals surface area (Å²) in [7, 11) is 0. The van der Waals surface area contributed by atoms with Crippen molar-refractivity contribution in [1.82, 2.24) is 34.6 Å². The van der Waals surface area contributed by atoms with Crippen molar-refractivity contribution < 1.29 is 31.9 Å². The van der Waals surface area contributed by atoms with Gasteiger partial charge in [-0.25, -0.2) is 24.3 Å². The van der Waals surface area contributed by atoms with E-state index in [-0.39, 0.29) is 44.2 Å².